The maximum atomic E-state index is 4.34. The molecular formula is C16H29N5. The minimum atomic E-state index is 0.750. The number of nitrogens with one attached hydrogen (secondary N) is 2. The quantitative estimate of drug-likeness (QED) is 0.757. The predicted molar refractivity (Wildman–Crippen MR) is 88.9 cm³/mol. The normalized spacial score (nSPS) is 19.5. The minimum absolute atomic E-state index is 0.750. The standard InChI is InChI=1S/C16H29N5/c1-4-17-15-14(3)16(20-12-19-15)18-9-7-11-21-10-6-5-8-13(21)2/h12-13H,4-11H2,1-3H3,(H2,17,18,19,20). The first-order chi connectivity index (χ1) is 10.2. The van der Waals surface area contributed by atoms with Crippen LogP contribution in [0.5, 0.6) is 0 Å². The smallest absolute Gasteiger partial charge is 0.134 e. The second-order valence-electron chi connectivity index (χ2n) is 5.89. The monoisotopic (exact) mass is 291 g/mol. The van der Waals surface area contributed by atoms with E-state index in [1.54, 1.807) is 6.33 Å². The molecule has 0 amide bonds. The summed E-state index contributed by atoms with van der Waals surface area (Å²) in [6.07, 6.45) is 6.88. The lowest BCUT2D eigenvalue weighted by molar-refractivity contribution is 0.160. The molecular weight excluding hydrogens is 262 g/mol. The number of nitrogens with zero attached hydrogens (tertiary/aromatic N) is 3. The van der Waals surface area contributed by atoms with Gasteiger partial charge in [-0.05, 0) is 46.6 Å². The van der Waals surface area contributed by atoms with Crippen LogP contribution in [0.25, 0.3) is 0 Å². The van der Waals surface area contributed by atoms with Crippen molar-refractivity contribution in [2.75, 3.05) is 36.8 Å². The molecule has 1 fully saturated rings. The molecule has 1 saturated heterocycles. The average Bonchev–Trinajstić information content (AvgIpc) is 2.49. The number of rotatable bonds is 7. The van der Waals surface area contributed by atoms with Gasteiger partial charge in [0.25, 0.3) is 0 Å². The molecule has 1 atom stereocenters. The number of anilines is 2. The molecule has 2 rings (SSSR count). The lowest BCUT2D eigenvalue weighted by Crippen LogP contribution is -2.38. The van der Waals surface area contributed by atoms with Gasteiger partial charge in [-0.3, -0.25) is 0 Å². The first-order valence-electron chi connectivity index (χ1n) is 8.25. The van der Waals surface area contributed by atoms with Gasteiger partial charge in [0, 0.05) is 31.2 Å². The van der Waals surface area contributed by atoms with Crippen LogP contribution in [0.4, 0.5) is 11.6 Å². The number of hydrogen-bond acceptors (Lipinski definition) is 5. The Morgan fingerprint density at radius 1 is 1.24 bits per heavy atom. The molecule has 1 unspecified atom stereocenters. The van der Waals surface area contributed by atoms with E-state index in [-0.39, 0.29) is 0 Å². The van der Waals surface area contributed by atoms with Crippen molar-refractivity contribution < 1.29 is 0 Å². The zero-order valence-corrected chi connectivity index (χ0v) is 13.7. The van der Waals surface area contributed by atoms with Crippen molar-refractivity contribution in [1.29, 1.82) is 0 Å². The molecule has 118 valence electrons. The molecule has 5 nitrogen and oxygen atoms in total. The van der Waals surface area contributed by atoms with Gasteiger partial charge < -0.3 is 15.5 Å². The van der Waals surface area contributed by atoms with Crippen LogP contribution >= 0.6 is 0 Å². The third kappa shape index (κ3) is 4.56. The lowest BCUT2D eigenvalue weighted by atomic mass is 10.0. The van der Waals surface area contributed by atoms with Crippen molar-refractivity contribution in [3.8, 4) is 0 Å². The molecule has 1 aromatic heterocycles. The molecule has 2 heterocycles. The van der Waals surface area contributed by atoms with E-state index in [9.17, 15) is 0 Å². The third-order valence-electron chi connectivity index (χ3n) is 4.28. The molecule has 0 spiro atoms. The SMILES string of the molecule is CCNc1ncnc(NCCCN2CCCCC2C)c1C. The van der Waals surface area contributed by atoms with E-state index in [4.69, 9.17) is 0 Å². The Morgan fingerprint density at radius 3 is 2.71 bits per heavy atom. The van der Waals surface area contributed by atoms with Gasteiger partial charge in [-0.25, -0.2) is 9.97 Å². The van der Waals surface area contributed by atoms with Crippen molar-refractivity contribution >= 4 is 11.6 Å². The number of piperidine rings is 1. The summed E-state index contributed by atoms with van der Waals surface area (Å²) in [5, 5.41) is 6.71. The van der Waals surface area contributed by atoms with E-state index in [1.807, 2.05) is 0 Å². The fourth-order valence-corrected chi connectivity index (χ4v) is 2.95. The van der Waals surface area contributed by atoms with Gasteiger partial charge >= 0.3 is 0 Å². The Kier molecular flexibility index (Phi) is 6.23. The van der Waals surface area contributed by atoms with Crippen molar-refractivity contribution in [2.24, 2.45) is 0 Å². The van der Waals surface area contributed by atoms with Crippen LogP contribution < -0.4 is 10.6 Å². The van der Waals surface area contributed by atoms with Crippen molar-refractivity contribution in [1.82, 2.24) is 14.9 Å². The fraction of sp³-hybridized carbons (Fsp3) is 0.750. The molecule has 0 bridgehead atoms. The highest BCUT2D eigenvalue weighted by molar-refractivity contribution is 5.56. The largest absolute Gasteiger partial charge is 0.370 e. The summed E-state index contributed by atoms with van der Waals surface area (Å²) in [7, 11) is 0. The molecule has 1 aromatic rings. The molecule has 5 heteroatoms. The summed E-state index contributed by atoms with van der Waals surface area (Å²) in [4.78, 5) is 11.2. The predicted octanol–water partition coefficient (Wildman–Crippen LogP) is 2.89. The van der Waals surface area contributed by atoms with E-state index < -0.39 is 0 Å². The van der Waals surface area contributed by atoms with Crippen molar-refractivity contribution in [3.05, 3.63) is 11.9 Å². The zero-order chi connectivity index (χ0) is 15.1. The summed E-state index contributed by atoms with van der Waals surface area (Å²) in [6.45, 7) is 10.8. The van der Waals surface area contributed by atoms with Crippen LogP contribution in [0.3, 0.4) is 0 Å². The highest BCUT2D eigenvalue weighted by atomic mass is 15.2. The first-order valence-corrected chi connectivity index (χ1v) is 8.25. The van der Waals surface area contributed by atoms with Gasteiger partial charge in [-0.2, -0.15) is 0 Å². The molecule has 2 N–H and O–H groups in total. The van der Waals surface area contributed by atoms with Crippen molar-refractivity contribution in [2.45, 2.75) is 52.5 Å². The minimum Gasteiger partial charge on any atom is -0.370 e. The highest BCUT2D eigenvalue weighted by Crippen LogP contribution is 2.18. The van der Waals surface area contributed by atoms with E-state index >= 15 is 0 Å². The van der Waals surface area contributed by atoms with Gasteiger partial charge in [0.2, 0.25) is 0 Å². The second-order valence-corrected chi connectivity index (χ2v) is 5.89. The van der Waals surface area contributed by atoms with Gasteiger partial charge in [0.1, 0.15) is 18.0 Å². The fourth-order valence-electron chi connectivity index (χ4n) is 2.95. The van der Waals surface area contributed by atoms with E-state index in [0.29, 0.717) is 0 Å². The zero-order valence-electron chi connectivity index (χ0n) is 13.7. The average molecular weight is 291 g/mol. The summed E-state index contributed by atoms with van der Waals surface area (Å²) >= 11 is 0. The highest BCUT2D eigenvalue weighted by Gasteiger charge is 2.17. The van der Waals surface area contributed by atoms with Crippen LogP contribution in [-0.4, -0.2) is 47.1 Å². The van der Waals surface area contributed by atoms with E-state index in [2.05, 4.69) is 46.3 Å². The Labute approximate surface area is 128 Å². The lowest BCUT2D eigenvalue weighted by Gasteiger charge is -2.33. The molecule has 0 radical (unpaired) electrons. The van der Waals surface area contributed by atoms with E-state index in [0.717, 1.165) is 42.8 Å². The summed E-state index contributed by atoms with van der Waals surface area (Å²) in [5.74, 6) is 1.88. The van der Waals surface area contributed by atoms with Crippen LogP contribution in [0.1, 0.15) is 45.1 Å². The van der Waals surface area contributed by atoms with Gasteiger partial charge in [-0.1, -0.05) is 6.42 Å². The Morgan fingerprint density at radius 2 is 2.00 bits per heavy atom. The Bertz CT molecular complexity index is 435. The molecule has 1 aliphatic rings. The van der Waals surface area contributed by atoms with Crippen LogP contribution in [-0.2, 0) is 0 Å². The summed E-state index contributed by atoms with van der Waals surface area (Å²) < 4.78 is 0. The number of hydrogen-bond donors (Lipinski definition) is 2. The Hall–Kier alpha value is -1.36. The number of likely N-dealkylation sites (tertiary alicyclic amines) is 1. The summed E-state index contributed by atoms with van der Waals surface area (Å²) in [5.41, 5.74) is 1.10. The maximum Gasteiger partial charge on any atom is 0.134 e. The maximum absolute atomic E-state index is 4.34. The van der Waals surface area contributed by atoms with Crippen molar-refractivity contribution in [3.63, 3.8) is 0 Å². The Balaban J connectivity index is 1.77. The molecule has 1 aliphatic heterocycles. The van der Waals surface area contributed by atoms with E-state index in [1.165, 1.54) is 32.4 Å². The van der Waals surface area contributed by atoms with Crippen LogP contribution in [0.2, 0.25) is 0 Å². The first kappa shape index (κ1) is 16.0. The van der Waals surface area contributed by atoms with Gasteiger partial charge in [0.15, 0.2) is 0 Å². The van der Waals surface area contributed by atoms with Crippen LogP contribution in [0.15, 0.2) is 6.33 Å². The third-order valence-corrected chi connectivity index (χ3v) is 4.28. The summed E-state index contributed by atoms with van der Waals surface area (Å²) in [6, 6.07) is 0.750. The van der Waals surface area contributed by atoms with Gasteiger partial charge in [0.05, 0.1) is 0 Å². The van der Waals surface area contributed by atoms with Gasteiger partial charge in [-0.15, -0.1) is 0 Å². The topological polar surface area (TPSA) is 53.1 Å². The molecule has 0 aliphatic carbocycles. The second kappa shape index (κ2) is 8.17. The molecule has 0 saturated carbocycles. The van der Waals surface area contributed by atoms with Crippen LogP contribution in [0, 0.1) is 6.92 Å². The number of aromatic nitrogens is 2. The molecule has 21 heavy (non-hydrogen) atoms. The molecule has 0 aromatic carbocycles.